The summed E-state index contributed by atoms with van der Waals surface area (Å²) in [6.07, 6.45) is 1.60. The minimum Gasteiger partial charge on any atom is -0.468 e. The van der Waals surface area contributed by atoms with Gasteiger partial charge in [0, 0.05) is 13.0 Å². The molecule has 2 N–H and O–H groups in total. The van der Waals surface area contributed by atoms with Crippen molar-refractivity contribution in [2.45, 2.75) is 43.3 Å². The number of nitrogens with one attached hydrogen (secondary N) is 2. The monoisotopic (exact) mass is 532 g/mol. The molecule has 0 amide bonds. The summed E-state index contributed by atoms with van der Waals surface area (Å²) in [5, 5.41) is 3.39. The van der Waals surface area contributed by atoms with Crippen LogP contribution in [0.4, 0.5) is 0 Å². The van der Waals surface area contributed by atoms with Gasteiger partial charge in [-0.25, -0.2) is 13.2 Å². The standard InChI is InChI=1S/C30H32N2O5S/c1-3-36-29(33)30(21-24-11-6-4-7-12-24,31-22-25-13-8-5-9-14-25)28(27-15-10-20-37-27)32-38(34,35)26-18-16-23(2)17-19-26/h4-20,28,31-32H,3,21-22H2,1-2H3/t28-,30+/m0/s1. The molecule has 0 aliphatic carbocycles. The molecule has 0 spiro atoms. The van der Waals surface area contributed by atoms with E-state index in [4.69, 9.17) is 9.15 Å². The minimum atomic E-state index is -4.07. The number of aryl methyl sites for hydroxylation is 1. The van der Waals surface area contributed by atoms with Gasteiger partial charge in [-0.05, 0) is 49.2 Å². The van der Waals surface area contributed by atoms with Crippen LogP contribution in [-0.4, -0.2) is 26.5 Å². The molecule has 2 atom stereocenters. The van der Waals surface area contributed by atoms with Crippen LogP contribution in [0.25, 0.3) is 0 Å². The highest BCUT2D eigenvalue weighted by molar-refractivity contribution is 7.89. The van der Waals surface area contributed by atoms with Crippen molar-refractivity contribution in [2.75, 3.05) is 6.61 Å². The number of ether oxygens (including phenoxy) is 1. The lowest BCUT2D eigenvalue weighted by Gasteiger charge is -2.39. The van der Waals surface area contributed by atoms with Crippen molar-refractivity contribution in [3.05, 3.63) is 126 Å². The van der Waals surface area contributed by atoms with E-state index in [2.05, 4.69) is 10.0 Å². The van der Waals surface area contributed by atoms with Crippen LogP contribution < -0.4 is 10.0 Å². The Balaban J connectivity index is 1.86. The summed E-state index contributed by atoms with van der Waals surface area (Å²) >= 11 is 0. The maximum Gasteiger partial charge on any atom is 0.328 e. The van der Waals surface area contributed by atoms with Crippen molar-refractivity contribution in [2.24, 2.45) is 0 Å². The van der Waals surface area contributed by atoms with Gasteiger partial charge in [0.15, 0.2) is 0 Å². The summed E-state index contributed by atoms with van der Waals surface area (Å²) in [6.45, 7) is 4.02. The fourth-order valence-corrected chi connectivity index (χ4v) is 5.62. The number of sulfonamides is 1. The number of carbonyl (C=O) groups is 1. The predicted octanol–water partition coefficient (Wildman–Crippen LogP) is 4.94. The lowest BCUT2D eigenvalue weighted by Crippen LogP contribution is -2.62. The Hall–Kier alpha value is -3.72. The van der Waals surface area contributed by atoms with E-state index in [0.717, 1.165) is 16.7 Å². The molecule has 0 aliphatic heterocycles. The second-order valence-corrected chi connectivity index (χ2v) is 10.8. The zero-order chi connectivity index (χ0) is 27.0. The van der Waals surface area contributed by atoms with E-state index in [1.54, 1.807) is 31.2 Å². The third kappa shape index (κ3) is 6.39. The highest BCUT2D eigenvalue weighted by Crippen LogP contribution is 2.34. The topological polar surface area (TPSA) is 97.6 Å². The lowest BCUT2D eigenvalue weighted by atomic mass is 9.82. The van der Waals surface area contributed by atoms with Crippen LogP contribution in [0.2, 0.25) is 0 Å². The van der Waals surface area contributed by atoms with Crippen molar-refractivity contribution in [3.8, 4) is 0 Å². The third-order valence-corrected chi connectivity index (χ3v) is 7.78. The Labute approximate surface area is 223 Å². The number of furan rings is 1. The summed E-state index contributed by atoms with van der Waals surface area (Å²) in [6, 6.07) is 27.7. The number of hydrogen-bond donors (Lipinski definition) is 2. The van der Waals surface area contributed by atoms with Crippen LogP contribution in [0.5, 0.6) is 0 Å². The first kappa shape index (κ1) is 27.3. The molecule has 0 aliphatic rings. The first-order chi connectivity index (χ1) is 18.3. The van der Waals surface area contributed by atoms with E-state index in [-0.39, 0.29) is 30.2 Å². The summed E-state index contributed by atoms with van der Waals surface area (Å²) in [7, 11) is -4.07. The Morgan fingerprint density at radius 3 is 2.11 bits per heavy atom. The zero-order valence-corrected chi connectivity index (χ0v) is 22.3. The predicted molar refractivity (Wildman–Crippen MR) is 146 cm³/mol. The molecular weight excluding hydrogens is 500 g/mol. The van der Waals surface area contributed by atoms with Crippen LogP contribution in [-0.2, 0) is 32.5 Å². The highest BCUT2D eigenvalue weighted by Gasteiger charge is 2.50. The van der Waals surface area contributed by atoms with Gasteiger partial charge in [-0.3, -0.25) is 5.32 Å². The second kappa shape index (κ2) is 12.2. The fourth-order valence-electron chi connectivity index (χ4n) is 4.36. The van der Waals surface area contributed by atoms with Gasteiger partial charge in [-0.1, -0.05) is 78.4 Å². The average Bonchev–Trinajstić information content (AvgIpc) is 3.46. The number of rotatable bonds is 12. The molecule has 0 saturated carbocycles. The first-order valence-corrected chi connectivity index (χ1v) is 13.9. The van der Waals surface area contributed by atoms with Crippen LogP contribution in [0.3, 0.4) is 0 Å². The van der Waals surface area contributed by atoms with Crippen LogP contribution in [0.15, 0.2) is 113 Å². The molecule has 4 aromatic rings. The summed E-state index contributed by atoms with van der Waals surface area (Å²) in [5.41, 5.74) is 1.13. The van der Waals surface area contributed by atoms with Crippen LogP contribution in [0, 0.1) is 6.92 Å². The van der Waals surface area contributed by atoms with E-state index < -0.39 is 27.6 Å². The average molecular weight is 533 g/mol. The zero-order valence-electron chi connectivity index (χ0n) is 21.5. The maximum atomic E-state index is 13.9. The lowest BCUT2D eigenvalue weighted by molar-refractivity contribution is -0.153. The number of hydrogen-bond acceptors (Lipinski definition) is 6. The largest absolute Gasteiger partial charge is 0.468 e. The van der Waals surface area contributed by atoms with Crippen LogP contribution in [0.1, 0.15) is 35.4 Å². The van der Waals surface area contributed by atoms with E-state index in [1.807, 2.05) is 67.6 Å². The smallest absolute Gasteiger partial charge is 0.328 e. The van der Waals surface area contributed by atoms with Gasteiger partial charge in [0.1, 0.15) is 17.3 Å². The second-order valence-electron chi connectivity index (χ2n) is 9.08. The van der Waals surface area contributed by atoms with Crippen LogP contribution >= 0.6 is 0 Å². The fraction of sp³-hybridized carbons (Fsp3) is 0.233. The van der Waals surface area contributed by atoms with Gasteiger partial charge in [-0.2, -0.15) is 4.72 Å². The van der Waals surface area contributed by atoms with E-state index >= 15 is 0 Å². The Morgan fingerprint density at radius 1 is 0.895 bits per heavy atom. The van der Waals surface area contributed by atoms with Gasteiger partial charge in [0.25, 0.3) is 0 Å². The summed E-state index contributed by atoms with van der Waals surface area (Å²) in [4.78, 5) is 14.0. The molecule has 8 heteroatoms. The molecule has 0 bridgehead atoms. The Bertz CT molecular complexity index is 1410. The highest BCUT2D eigenvalue weighted by atomic mass is 32.2. The minimum absolute atomic E-state index is 0.0835. The maximum absolute atomic E-state index is 13.9. The van der Waals surface area contributed by atoms with Crippen molar-refractivity contribution in [1.29, 1.82) is 0 Å². The van der Waals surface area contributed by atoms with Crippen molar-refractivity contribution >= 4 is 16.0 Å². The Kier molecular flexibility index (Phi) is 8.78. The van der Waals surface area contributed by atoms with E-state index in [1.165, 1.54) is 18.4 Å². The Morgan fingerprint density at radius 2 is 1.53 bits per heavy atom. The van der Waals surface area contributed by atoms with Crippen molar-refractivity contribution < 1.29 is 22.4 Å². The molecule has 0 unspecified atom stereocenters. The number of benzene rings is 3. The molecule has 1 heterocycles. The third-order valence-electron chi connectivity index (χ3n) is 6.34. The summed E-state index contributed by atoms with van der Waals surface area (Å²) in [5.74, 6) is -0.307. The molecule has 38 heavy (non-hydrogen) atoms. The van der Waals surface area contributed by atoms with Crippen molar-refractivity contribution in [1.82, 2.24) is 10.0 Å². The molecule has 0 radical (unpaired) electrons. The molecule has 198 valence electrons. The molecule has 0 fully saturated rings. The summed E-state index contributed by atoms with van der Waals surface area (Å²) < 4.78 is 41.5. The number of carbonyl (C=O) groups excluding carboxylic acids is 1. The molecular formula is C30H32N2O5S. The SMILES string of the molecule is CCOC(=O)[C@](Cc1ccccc1)(NCc1ccccc1)[C@@H](NS(=O)(=O)c1ccc(C)cc1)c1ccco1. The molecule has 0 saturated heterocycles. The molecule has 4 rings (SSSR count). The molecule has 7 nitrogen and oxygen atoms in total. The van der Waals surface area contributed by atoms with Gasteiger partial charge in [0.05, 0.1) is 17.8 Å². The molecule has 3 aromatic carbocycles. The van der Waals surface area contributed by atoms with E-state index in [9.17, 15) is 13.2 Å². The van der Waals surface area contributed by atoms with Gasteiger partial charge < -0.3 is 9.15 Å². The normalized spacial score (nSPS) is 13.9. The number of esters is 1. The van der Waals surface area contributed by atoms with Crippen molar-refractivity contribution in [3.63, 3.8) is 0 Å². The first-order valence-electron chi connectivity index (χ1n) is 12.5. The van der Waals surface area contributed by atoms with Gasteiger partial charge in [0.2, 0.25) is 10.0 Å². The van der Waals surface area contributed by atoms with Gasteiger partial charge in [-0.15, -0.1) is 0 Å². The quantitative estimate of drug-likeness (QED) is 0.251. The van der Waals surface area contributed by atoms with Gasteiger partial charge >= 0.3 is 5.97 Å². The van der Waals surface area contributed by atoms with E-state index in [0.29, 0.717) is 0 Å². The molecule has 1 aromatic heterocycles.